The van der Waals surface area contributed by atoms with Crippen LogP contribution < -0.4 is 5.32 Å². The van der Waals surface area contributed by atoms with Crippen LogP contribution in [0.15, 0.2) is 0 Å². The Morgan fingerprint density at radius 1 is 1.36 bits per heavy atom. The molecule has 0 unspecified atom stereocenters. The van der Waals surface area contributed by atoms with Crippen LogP contribution >= 0.6 is 0 Å². The molecular formula is C8H17NO4S. The molecule has 0 spiro atoms. The Balaban J connectivity index is 3.35. The molecule has 0 aliphatic rings. The summed E-state index contributed by atoms with van der Waals surface area (Å²) in [5.74, 6) is -0.509. The molecule has 14 heavy (non-hydrogen) atoms. The third-order valence-electron chi connectivity index (χ3n) is 1.76. The lowest BCUT2D eigenvalue weighted by Gasteiger charge is -2.02. The number of nitrogens with one attached hydrogen (secondary N) is 1. The first-order valence-electron chi connectivity index (χ1n) is 4.61. The highest BCUT2D eigenvalue weighted by molar-refractivity contribution is 7.91. The van der Waals surface area contributed by atoms with E-state index in [0.29, 0.717) is 19.5 Å². The molecule has 0 amide bonds. The number of sulfone groups is 1. The van der Waals surface area contributed by atoms with E-state index >= 15 is 0 Å². The highest BCUT2D eigenvalue weighted by atomic mass is 32.2. The Morgan fingerprint density at radius 3 is 2.50 bits per heavy atom. The van der Waals surface area contributed by atoms with Crippen LogP contribution in [0.5, 0.6) is 0 Å². The minimum absolute atomic E-state index is 0.0700. The Labute approximate surface area is 84.4 Å². The zero-order valence-corrected chi connectivity index (χ0v) is 9.14. The van der Waals surface area contributed by atoms with Crippen molar-refractivity contribution < 1.29 is 18.3 Å². The second kappa shape index (κ2) is 6.78. The molecule has 0 aromatic rings. The van der Waals surface area contributed by atoms with Crippen LogP contribution in [0.2, 0.25) is 0 Å². The van der Waals surface area contributed by atoms with Crippen LogP contribution in [0.3, 0.4) is 0 Å². The fourth-order valence-electron chi connectivity index (χ4n) is 0.882. The molecule has 0 bridgehead atoms. The van der Waals surface area contributed by atoms with E-state index in [1.54, 1.807) is 6.92 Å². The number of rotatable bonds is 8. The molecule has 2 N–H and O–H groups in total. The number of carboxylic acids is 1. The molecule has 0 aromatic heterocycles. The number of carboxylic acid groups (broad SMARTS) is 1. The van der Waals surface area contributed by atoms with Gasteiger partial charge in [0.2, 0.25) is 0 Å². The Kier molecular flexibility index (Phi) is 6.48. The Hall–Kier alpha value is -0.620. The van der Waals surface area contributed by atoms with E-state index in [1.807, 2.05) is 0 Å². The summed E-state index contributed by atoms with van der Waals surface area (Å²) in [6.45, 7) is 2.56. The van der Waals surface area contributed by atoms with Crippen molar-refractivity contribution in [2.75, 3.05) is 24.6 Å². The fourth-order valence-corrected chi connectivity index (χ4v) is 1.75. The van der Waals surface area contributed by atoms with Gasteiger partial charge >= 0.3 is 5.97 Å². The molecular weight excluding hydrogens is 206 g/mol. The van der Waals surface area contributed by atoms with E-state index in [2.05, 4.69) is 5.32 Å². The minimum atomic E-state index is -2.88. The molecule has 0 saturated carbocycles. The minimum Gasteiger partial charge on any atom is -0.481 e. The third kappa shape index (κ3) is 8.00. The summed E-state index contributed by atoms with van der Waals surface area (Å²) in [5, 5.41) is 11.2. The molecule has 0 saturated heterocycles. The largest absolute Gasteiger partial charge is 0.481 e. The lowest BCUT2D eigenvalue weighted by molar-refractivity contribution is -0.136. The molecule has 0 fully saturated rings. The van der Waals surface area contributed by atoms with Gasteiger partial charge in [-0.25, -0.2) is 8.42 Å². The van der Waals surface area contributed by atoms with Gasteiger partial charge in [-0.1, -0.05) is 6.92 Å². The average molecular weight is 223 g/mol. The molecule has 0 aliphatic heterocycles. The summed E-state index contributed by atoms with van der Waals surface area (Å²) >= 11 is 0. The van der Waals surface area contributed by atoms with Crippen molar-refractivity contribution in [1.82, 2.24) is 5.32 Å². The molecule has 0 radical (unpaired) electrons. The van der Waals surface area contributed by atoms with Crippen molar-refractivity contribution in [2.45, 2.75) is 19.8 Å². The van der Waals surface area contributed by atoms with Crippen LogP contribution in [0.4, 0.5) is 0 Å². The van der Waals surface area contributed by atoms with Gasteiger partial charge in [-0.2, -0.15) is 0 Å². The second-order valence-corrected chi connectivity index (χ2v) is 5.46. The van der Waals surface area contributed by atoms with Crippen LogP contribution in [-0.4, -0.2) is 44.1 Å². The molecule has 0 aromatic carbocycles. The van der Waals surface area contributed by atoms with Gasteiger partial charge in [0.05, 0.1) is 12.2 Å². The number of hydrogen-bond acceptors (Lipinski definition) is 4. The maximum absolute atomic E-state index is 11.0. The van der Waals surface area contributed by atoms with Gasteiger partial charge in [0.15, 0.2) is 0 Å². The first kappa shape index (κ1) is 13.4. The summed E-state index contributed by atoms with van der Waals surface area (Å²) in [4.78, 5) is 10.1. The second-order valence-electron chi connectivity index (χ2n) is 2.98. The van der Waals surface area contributed by atoms with Crippen molar-refractivity contribution in [1.29, 1.82) is 0 Å². The van der Waals surface area contributed by atoms with E-state index in [9.17, 15) is 13.2 Å². The summed E-state index contributed by atoms with van der Waals surface area (Å²) in [5.41, 5.74) is 0. The first-order chi connectivity index (χ1) is 6.48. The number of hydrogen-bond donors (Lipinski definition) is 2. The zero-order chi connectivity index (χ0) is 11.0. The van der Waals surface area contributed by atoms with Crippen molar-refractivity contribution in [3.8, 4) is 0 Å². The fraction of sp³-hybridized carbons (Fsp3) is 0.875. The first-order valence-corrected chi connectivity index (χ1v) is 6.43. The maximum Gasteiger partial charge on any atom is 0.304 e. The van der Waals surface area contributed by atoms with Crippen LogP contribution in [0.1, 0.15) is 19.8 Å². The van der Waals surface area contributed by atoms with Gasteiger partial charge < -0.3 is 10.4 Å². The number of carbonyl (C=O) groups is 1. The van der Waals surface area contributed by atoms with Crippen LogP contribution in [0, 0.1) is 0 Å². The van der Waals surface area contributed by atoms with Crippen molar-refractivity contribution >= 4 is 15.8 Å². The molecule has 0 rings (SSSR count). The standard InChI is InChI=1S/C8H17NO4S/c1-2-14(12,13)7-3-5-9-6-4-8(10)11/h9H,2-7H2,1H3,(H,10,11). The summed E-state index contributed by atoms with van der Waals surface area (Å²) in [6, 6.07) is 0. The van der Waals surface area contributed by atoms with E-state index in [0.717, 1.165) is 0 Å². The number of aliphatic carboxylic acids is 1. The van der Waals surface area contributed by atoms with Gasteiger partial charge in [0.1, 0.15) is 9.84 Å². The van der Waals surface area contributed by atoms with Crippen molar-refractivity contribution in [2.24, 2.45) is 0 Å². The molecule has 0 atom stereocenters. The topological polar surface area (TPSA) is 83.5 Å². The normalized spacial score (nSPS) is 11.5. The van der Waals surface area contributed by atoms with Crippen molar-refractivity contribution in [3.63, 3.8) is 0 Å². The average Bonchev–Trinajstić information content (AvgIpc) is 2.10. The smallest absolute Gasteiger partial charge is 0.304 e. The van der Waals surface area contributed by atoms with Crippen LogP contribution in [-0.2, 0) is 14.6 Å². The molecule has 6 heteroatoms. The summed E-state index contributed by atoms with van der Waals surface area (Å²) < 4.78 is 22.0. The Morgan fingerprint density at radius 2 is 2.00 bits per heavy atom. The lowest BCUT2D eigenvalue weighted by atomic mass is 10.4. The highest BCUT2D eigenvalue weighted by Crippen LogP contribution is 1.92. The lowest BCUT2D eigenvalue weighted by Crippen LogP contribution is -2.21. The van der Waals surface area contributed by atoms with E-state index in [1.165, 1.54) is 0 Å². The Bertz CT molecular complexity index is 261. The van der Waals surface area contributed by atoms with E-state index in [4.69, 9.17) is 5.11 Å². The molecule has 0 heterocycles. The summed E-state index contributed by atoms with van der Waals surface area (Å²) in [7, 11) is -2.88. The quantitative estimate of drug-likeness (QED) is 0.560. The van der Waals surface area contributed by atoms with E-state index < -0.39 is 15.8 Å². The predicted molar refractivity (Wildman–Crippen MR) is 54.1 cm³/mol. The van der Waals surface area contributed by atoms with E-state index in [-0.39, 0.29) is 17.9 Å². The van der Waals surface area contributed by atoms with Gasteiger partial charge in [-0.3, -0.25) is 4.79 Å². The monoisotopic (exact) mass is 223 g/mol. The van der Waals surface area contributed by atoms with Gasteiger partial charge in [0, 0.05) is 12.3 Å². The van der Waals surface area contributed by atoms with Gasteiger partial charge in [-0.15, -0.1) is 0 Å². The SMILES string of the molecule is CCS(=O)(=O)CCCNCCC(=O)O. The molecule has 0 aliphatic carbocycles. The molecule has 84 valence electrons. The highest BCUT2D eigenvalue weighted by Gasteiger charge is 2.05. The van der Waals surface area contributed by atoms with Crippen LogP contribution in [0.25, 0.3) is 0 Å². The predicted octanol–water partition coefficient (Wildman–Crippen LogP) is -0.124. The molecule has 5 nitrogen and oxygen atoms in total. The maximum atomic E-state index is 11.0. The van der Waals surface area contributed by atoms with Crippen molar-refractivity contribution in [3.05, 3.63) is 0 Å². The zero-order valence-electron chi connectivity index (χ0n) is 8.32. The third-order valence-corrected chi connectivity index (χ3v) is 3.55. The summed E-state index contributed by atoms with van der Waals surface area (Å²) in [6.07, 6.45) is 0.607. The van der Waals surface area contributed by atoms with Gasteiger partial charge in [0.25, 0.3) is 0 Å². The van der Waals surface area contributed by atoms with Gasteiger partial charge in [-0.05, 0) is 13.0 Å².